The highest BCUT2D eigenvalue weighted by Gasteiger charge is 2.16. The van der Waals surface area contributed by atoms with E-state index >= 15 is 0 Å². The van der Waals surface area contributed by atoms with Crippen molar-refractivity contribution in [3.8, 4) is 29.4 Å². The highest BCUT2D eigenvalue weighted by atomic mass is 35.5. The number of halogens is 2. The van der Waals surface area contributed by atoms with Crippen LogP contribution in [0.15, 0.2) is 30.5 Å². The Morgan fingerprint density at radius 2 is 1.82 bits per heavy atom. The first-order valence-electron chi connectivity index (χ1n) is 10.7. The number of benzene rings is 2. The fourth-order valence-electron chi connectivity index (χ4n) is 3.74. The fourth-order valence-corrected chi connectivity index (χ4v) is 4.24. The van der Waals surface area contributed by atoms with E-state index in [1.165, 1.54) is 13.3 Å². The van der Waals surface area contributed by atoms with Gasteiger partial charge in [0.05, 0.1) is 58.8 Å². The van der Waals surface area contributed by atoms with Gasteiger partial charge in [-0.1, -0.05) is 35.0 Å². The van der Waals surface area contributed by atoms with Crippen molar-refractivity contribution < 1.29 is 9.47 Å². The van der Waals surface area contributed by atoms with E-state index in [1.807, 2.05) is 12.1 Å². The standard InChI is InChI=1S/C25H23Cl2N5O2/c1-33-23-11-18-21(10-16(23)4-3-7-32-8-5-29-6-9-32)30-15-17(14-28)25(18)31-22-13-24(34-2)20(27)12-19(22)26/h10-13,15,29H,5-9H2,1-2H3,(H,30,31). The normalized spacial score (nSPS) is 13.6. The average molecular weight is 496 g/mol. The number of hydrogen-bond acceptors (Lipinski definition) is 7. The predicted molar refractivity (Wildman–Crippen MR) is 135 cm³/mol. The molecule has 0 spiro atoms. The molecule has 0 radical (unpaired) electrons. The van der Waals surface area contributed by atoms with Gasteiger partial charge in [0.2, 0.25) is 0 Å². The predicted octanol–water partition coefficient (Wildman–Crippen LogP) is 4.43. The molecule has 0 atom stereocenters. The number of nitrogens with one attached hydrogen (secondary N) is 2. The van der Waals surface area contributed by atoms with Gasteiger partial charge in [0.25, 0.3) is 0 Å². The van der Waals surface area contributed by atoms with Crippen LogP contribution in [-0.2, 0) is 0 Å². The van der Waals surface area contributed by atoms with Crippen molar-refractivity contribution in [1.29, 1.82) is 5.26 Å². The maximum Gasteiger partial charge on any atom is 0.139 e. The maximum atomic E-state index is 9.72. The second-order valence-corrected chi connectivity index (χ2v) is 8.46. The van der Waals surface area contributed by atoms with Crippen LogP contribution in [0.2, 0.25) is 10.0 Å². The Balaban J connectivity index is 1.74. The second kappa shape index (κ2) is 10.8. The van der Waals surface area contributed by atoms with E-state index in [2.05, 4.69) is 38.4 Å². The van der Waals surface area contributed by atoms with Crippen LogP contribution in [0.1, 0.15) is 11.1 Å². The number of piperazine rings is 1. The van der Waals surface area contributed by atoms with Gasteiger partial charge in [0, 0.05) is 43.8 Å². The van der Waals surface area contributed by atoms with E-state index in [0.29, 0.717) is 55.9 Å². The van der Waals surface area contributed by atoms with E-state index in [9.17, 15) is 5.26 Å². The Morgan fingerprint density at radius 3 is 2.53 bits per heavy atom. The molecule has 1 aliphatic heterocycles. The smallest absolute Gasteiger partial charge is 0.139 e. The molecule has 0 saturated carbocycles. The van der Waals surface area contributed by atoms with Gasteiger partial charge < -0.3 is 20.1 Å². The first kappa shape index (κ1) is 23.9. The van der Waals surface area contributed by atoms with Crippen LogP contribution in [0.3, 0.4) is 0 Å². The maximum absolute atomic E-state index is 9.72. The van der Waals surface area contributed by atoms with Crippen molar-refractivity contribution in [2.24, 2.45) is 0 Å². The van der Waals surface area contributed by atoms with Crippen molar-refractivity contribution in [1.82, 2.24) is 15.2 Å². The minimum atomic E-state index is 0.358. The van der Waals surface area contributed by atoms with Crippen molar-refractivity contribution in [3.63, 3.8) is 0 Å². The SMILES string of the molecule is COc1cc(Nc2c(C#N)cnc3cc(C#CCN4CCNCC4)c(OC)cc23)c(Cl)cc1Cl. The molecule has 9 heteroatoms. The lowest BCUT2D eigenvalue weighted by Gasteiger charge is -2.24. The fraction of sp³-hybridized carbons (Fsp3) is 0.280. The van der Waals surface area contributed by atoms with Crippen molar-refractivity contribution in [2.45, 2.75) is 0 Å². The number of methoxy groups -OCH3 is 2. The van der Waals surface area contributed by atoms with Gasteiger partial charge in [-0.3, -0.25) is 9.88 Å². The summed E-state index contributed by atoms with van der Waals surface area (Å²) in [6.07, 6.45) is 1.52. The number of nitrogens with zero attached hydrogens (tertiary/aromatic N) is 3. The third-order valence-electron chi connectivity index (χ3n) is 5.55. The zero-order valence-electron chi connectivity index (χ0n) is 18.8. The molecule has 0 unspecified atom stereocenters. The zero-order chi connectivity index (χ0) is 24.1. The molecule has 4 rings (SSSR count). The van der Waals surface area contributed by atoms with Gasteiger partial charge in [-0.25, -0.2) is 0 Å². The first-order valence-corrected chi connectivity index (χ1v) is 11.4. The van der Waals surface area contributed by atoms with Crippen molar-refractivity contribution in [3.05, 3.63) is 51.6 Å². The number of pyridine rings is 1. The molecule has 0 bridgehead atoms. The summed E-state index contributed by atoms with van der Waals surface area (Å²) in [6.45, 7) is 4.61. The van der Waals surface area contributed by atoms with Gasteiger partial charge in [0.15, 0.2) is 0 Å². The summed E-state index contributed by atoms with van der Waals surface area (Å²) in [5.74, 6) is 7.52. The number of rotatable bonds is 5. The van der Waals surface area contributed by atoms with Gasteiger partial charge in [-0.2, -0.15) is 5.26 Å². The van der Waals surface area contributed by atoms with Crippen LogP contribution in [0.4, 0.5) is 11.4 Å². The summed E-state index contributed by atoms with van der Waals surface area (Å²) < 4.78 is 10.9. The van der Waals surface area contributed by atoms with E-state index < -0.39 is 0 Å². The highest BCUT2D eigenvalue weighted by molar-refractivity contribution is 6.37. The molecule has 3 aromatic rings. The third-order valence-corrected chi connectivity index (χ3v) is 6.15. The largest absolute Gasteiger partial charge is 0.495 e. The topological polar surface area (TPSA) is 82.4 Å². The number of aromatic nitrogens is 1. The Morgan fingerprint density at radius 1 is 1.06 bits per heavy atom. The summed E-state index contributed by atoms with van der Waals surface area (Å²) in [6, 6.07) is 9.17. The Bertz CT molecular complexity index is 1320. The molecule has 1 aromatic heterocycles. The minimum Gasteiger partial charge on any atom is -0.495 e. The molecule has 34 heavy (non-hydrogen) atoms. The molecule has 7 nitrogen and oxygen atoms in total. The molecule has 1 aliphatic rings. The molecule has 2 aromatic carbocycles. The van der Waals surface area contributed by atoms with Crippen LogP contribution < -0.4 is 20.1 Å². The summed E-state index contributed by atoms with van der Waals surface area (Å²) in [5.41, 5.74) is 2.87. The van der Waals surface area contributed by atoms with Crippen LogP contribution in [0.5, 0.6) is 11.5 Å². The van der Waals surface area contributed by atoms with Gasteiger partial charge in [-0.15, -0.1) is 0 Å². The van der Waals surface area contributed by atoms with E-state index in [0.717, 1.165) is 31.7 Å². The number of fused-ring (bicyclic) bond motifs is 1. The molecular weight excluding hydrogens is 473 g/mol. The van der Waals surface area contributed by atoms with Crippen LogP contribution in [-0.4, -0.2) is 56.8 Å². The van der Waals surface area contributed by atoms with Gasteiger partial charge >= 0.3 is 0 Å². The number of hydrogen-bond donors (Lipinski definition) is 2. The monoisotopic (exact) mass is 495 g/mol. The Labute approximate surface area is 208 Å². The third kappa shape index (κ3) is 5.14. The molecule has 2 N–H and O–H groups in total. The summed E-state index contributed by atoms with van der Waals surface area (Å²) in [4.78, 5) is 6.78. The van der Waals surface area contributed by atoms with Crippen LogP contribution >= 0.6 is 23.2 Å². The van der Waals surface area contributed by atoms with E-state index in [1.54, 1.807) is 19.2 Å². The quantitative estimate of drug-likeness (QED) is 0.506. The lowest BCUT2D eigenvalue weighted by molar-refractivity contribution is 0.268. The Kier molecular flexibility index (Phi) is 7.62. The summed E-state index contributed by atoms with van der Waals surface area (Å²) >= 11 is 12.6. The summed E-state index contributed by atoms with van der Waals surface area (Å²) in [7, 11) is 3.12. The van der Waals surface area contributed by atoms with Crippen molar-refractivity contribution >= 4 is 45.5 Å². The average Bonchev–Trinajstić information content (AvgIpc) is 2.86. The van der Waals surface area contributed by atoms with Crippen LogP contribution in [0, 0.1) is 23.2 Å². The lowest BCUT2D eigenvalue weighted by Crippen LogP contribution is -2.43. The number of anilines is 2. The first-order chi connectivity index (χ1) is 16.5. The van der Waals surface area contributed by atoms with Gasteiger partial charge in [0.1, 0.15) is 17.6 Å². The van der Waals surface area contributed by atoms with Crippen LogP contribution in [0.25, 0.3) is 10.9 Å². The molecule has 0 amide bonds. The molecule has 0 aliphatic carbocycles. The Hall–Kier alpha value is -3.20. The minimum absolute atomic E-state index is 0.358. The zero-order valence-corrected chi connectivity index (χ0v) is 20.3. The molecule has 1 saturated heterocycles. The highest BCUT2D eigenvalue weighted by Crippen LogP contribution is 2.38. The number of ether oxygens (including phenoxy) is 2. The van der Waals surface area contributed by atoms with Crippen molar-refractivity contribution in [2.75, 3.05) is 52.3 Å². The number of nitriles is 1. The summed E-state index contributed by atoms with van der Waals surface area (Å²) in [5, 5.41) is 17.8. The molecule has 1 fully saturated rings. The van der Waals surface area contributed by atoms with E-state index in [-0.39, 0.29) is 0 Å². The molecular formula is C25H23Cl2N5O2. The molecule has 2 heterocycles. The lowest BCUT2D eigenvalue weighted by atomic mass is 10.1. The van der Waals surface area contributed by atoms with E-state index in [4.69, 9.17) is 32.7 Å². The van der Waals surface area contributed by atoms with Gasteiger partial charge in [-0.05, 0) is 18.2 Å². The second-order valence-electron chi connectivity index (χ2n) is 7.65. The molecule has 174 valence electrons.